The standard InChI is InChI=1S/C20H21N3O2/c1-3-25-20(24)16-12-23-19-15(5-4-6-17(19)21)18(16)22-11-14-9-7-13(2)8-10-14/h4-10,12H,3,11,21H2,1-2H3,(H,22,23). The van der Waals surface area contributed by atoms with E-state index >= 15 is 0 Å². The van der Waals surface area contributed by atoms with Gasteiger partial charge >= 0.3 is 5.97 Å². The first-order valence-electron chi connectivity index (χ1n) is 8.24. The minimum absolute atomic E-state index is 0.311. The summed E-state index contributed by atoms with van der Waals surface area (Å²) in [5, 5.41) is 4.17. The van der Waals surface area contributed by atoms with Crippen LogP contribution < -0.4 is 11.1 Å². The first-order chi connectivity index (χ1) is 12.1. The fourth-order valence-electron chi connectivity index (χ4n) is 2.70. The lowest BCUT2D eigenvalue weighted by Gasteiger charge is -2.15. The van der Waals surface area contributed by atoms with Crippen molar-refractivity contribution in [2.45, 2.75) is 20.4 Å². The van der Waals surface area contributed by atoms with E-state index in [4.69, 9.17) is 10.5 Å². The van der Waals surface area contributed by atoms with Crippen molar-refractivity contribution in [3.8, 4) is 0 Å². The van der Waals surface area contributed by atoms with E-state index in [2.05, 4.69) is 41.5 Å². The van der Waals surface area contributed by atoms with Gasteiger partial charge in [-0.05, 0) is 25.5 Å². The molecule has 0 aliphatic heterocycles. The molecule has 1 heterocycles. The second-order valence-corrected chi connectivity index (χ2v) is 5.85. The summed E-state index contributed by atoms with van der Waals surface area (Å²) in [6, 6.07) is 13.8. The second-order valence-electron chi connectivity index (χ2n) is 5.85. The van der Waals surface area contributed by atoms with Crippen molar-refractivity contribution in [3.05, 3.63) is 65.4 Å². The number of aryl methyl sites for hydroxylation is 1. The van der Waals surface area contributed by atoms with Crippen molar-refractivity contribution in [3.63, 3.8) is 0 Å². The van der Waals surface area contributed by atoms with Crippen LogP contribution in [0, 0.1) is 6.92 Å². The number of hydrogen-bond donors (Lipinski definition) is 2. The summed E-state index contributed by atoms with van der Waals surface area (Å²) < 4.78 is 5.17. The number of nitrogens with zero attached hydrogens (tertiary/aromatic N) is 1. The molecule has 5 nitrogen and oxygen atoms in total. The summed E-state index contributed by atoms with van der Waals surface area (Å²) in [4.78, 5) is 16.7. The highest BCUT2D eigenvalue weighted by Gasteiger charge is 2.17. The Morgan fingerprint density at radius 3 is 2.68 bits per heavy atom. The Balaban J connectivity index is 2.02. The van der Waals surface area contributed by atoms with E-state index < -0.39 is 5.97 Å². The lowest BCUT2D eigenvalue weighted by atomic mass is 10.1. The zero-order chi connectivity index (χ0) is 17.8. The van der Waals surface area contributed by atoms with Gasteiger partial charge in [-0.15, -0.1) is 0 Å². The van der Waals surface area contributed by atoms with Gasteiger partial charge in [-0.1, -0.05) is 42.0 Å². The van der Waals surface area contributed by atoms with E-state index in [1.807, 2.05) is 12.1 Å². The molecule has 1 aromatic heterocycles. The van der Waals surface area contributed by atoms with E-state index in [1.54, 1.807) is 13.0 Å². The average Bonchev–Trinajstić information content (AvgIpc) is 2.61. The van der Waals surface area contributed by atoms with Crippen molar-refractivity contribution in [2.24, 2.45) is 0 Å². The zero-order valence-corrected chi connectivity index (χ0v) is 14.4. The average molecular weight is 335 g/mol. The number of hydrogen-bond acceptors (Lipinski definition) is 5. The fraction of sp³-hybridized carbons (Fsp3) is 0.200. The molecule has 3 N–H and O–H groups in total. The number of rotatable bonds is 5. The highest BCUT2D eigenvalue weighted by Crippen LogP contribution is 2.30. The third kappa shape index (κ3) is 3.55. The minimum Gasteiger partial charge on any atom is -0.462 e. The summed E-state index contributed by atoms with van der Waals surface area (Å²) in [6.07, 6.45) is 1.52. The molecule has 0 fully saturated rings. The first kappa shape index (κ1) is 16.8. The van der Waals surface area contributed by atoms with Crippen LogP contribution in [-0.4, -0.2) is 17.6 Å². The van der Waals surface area contributed by atoms with Crippen molar-refractivity contribution >= 4 is 28.2 Å². The van der Waals surface area contributed by atoms with Crippen molar-refractivity contribution < 1.29 is 9.53 Å². The maximum Gasteiger partial charge on any atom is 0.341 e. The number of fused-ring (bicyclic) bond motifs is 1. The Hall–Kier alpha value is -3.08. The Labute approximate surface area is 146 Å². The van der Waals surface area contributed by atoms with E-state index in [-0.39, 0.29) is 0 Å². The SMILES string of the molecule is CCOC(=O)c1cnc2c(N)cccc2c1NCc1ccc(C)cc1. The quantitative estimate of drug-likeness (QED) is 0.546. The molecule has 0 aliphatic carbocycles. The number of benzene rings is 2. The van der Waals surface area contributed by atoms with Crippen molar-refractivity contribution in [1.82, 2.24) is 4.98 Å². The Morgan fingerprint density at radius 1 is 1.20 bits per heavy atom. The van der Waals surface area contributed by atoms with Gasteiger partial charge in [0.25, 0.3) is 0 Å². The van der Waals surface area contributed by atoms with Gasteiger partial charge in [0, 0.05) is 18.1 Å². The number of anilines is 2. The Kier molecular flexibility index (Phi) is 4.84. The highest BCUT2D eigenvalue weighted by molar-refractivity contribution is 6.07. The van der Waals surface area contributed by atoms with Gasteiger partial charge in [0.15, 0.2) is 0 Å². The second kappa shape index (κ2) is 7.21. The molecule has 0 radical (unpaired) electrons. The molecule has 3 aromatic rings. The molecule has 0 bridgehead atoms. The van der Waals surface area contributed by atoms with Gasteiger partial charge in [0.05, 0.1) is 23.5 Å². The smallest absolute Gasteiger partial charge is 0.341 e. The minimum atomic E-state index is -0.397. The lowest BCUT2D eigenvalue weighted by molar-refractivity contribution is 0.0527. The zero-order valence-electron chi connectivity index (χ0n) is 14.4. The molecule has 128 valence electrons. The maximum absolute atomic E-state index is 12.3. The van der Waals surface area contributed by atoms with Gasteiger partial charge < -0.3 is 15.8 Å². The number of carbonyl (C=O) groups excluding carboxylic acids is 1. The number of nitrogens with two attached hydrogens (primary N) is 1. The van der Waals surface area contributed by atoms with E-state index in [1.165, 1.54) is 11.8 Å². The summed E-state index contributed by atoms with van der Waals surface area (Å²) >= 11 is 0. The molecular formula is C20H21N3O2. The molecule has 0 saturated heterocycles. The van der Waals surface area contributed by atoms with Gasteiger partial charge in [-0.25, -0.2) is 4.79 Å². The van der Waals surface area contributed by atoms with E-state index in [0.717, 1.165) is 10.9 Å². The van der Waals surface area contributed by atoms with Gasteiger partial charge in [-0.2, -0.15) is 0 Å². The highest BCUT2D eigenvalue weighted by atomic mass is 16.5. The molecular weight excluding hydrogens is 314 g/mol. The van der Waals surface area contributed by atoms with Crippen molar-refractivity contribution in [2.75, 3.05) is 17.7 Å². The predicted molar refractivity (Wildman–Crippen MR) is 101 cm³/mol. The van der Waals surface area contributed by atoms with Crippen molar-refractivity contribution in [1.29, 1.82) is 0 Å². The Morgan fingerprint density at radius 2 is 1.96 bits per heavy atom. The van der Waals surface area contributed by atoms with Crippen LogP contribution in [-0.2, 0) is 11.3 Å². The third-order valence-electron chi connectivity index (χ3n) is 4.01. The molecule has 0 atom stereocenters. The first-order valence-corrected chi connectivity index (χ1v) is 8.24. The number of nitrogens with one attached hydrogen (secondary N) is 1. The summed E-state index contributed by atoms with van der Waals surface area (Å²) in [7, 11) is 0. The number of pyridine rings is 1. The van der Waals surface area contributed by atoms with Crippen LogP contribution in [0.1, 0.15) is 28.4 Å². The van der Waals surface area contributed by atoms with Crippen LogP contribution in [0.15, 0.2) is 48.7 Å². The molecule has 0 aliphatic rings. The lowest BCUT2D eigenvalue weighted by Crippen LogP contribution is -2.11. The van der Waals surface area contributed by atoms with Gasteiger partial charge in [-0.3, -0.25) is 4.98 Å². The predicted octanol–water partition coefficient (Wildman–Crippen LogP) is 3.91. The molecule has 3 rings (SSSR count). The Bertz CT molecular complexity index is 905. The number of para-hydroxylation sites is 1. The summed E-state index contributed by atoms with van der Waals surface area (Å²) in [5.74, 6) is -0.397. The molecule has 0 unspecified atom stereocenters. The summed E-state index contributed by atoms with van der Waals surface area (Å²) in [6.45, 7) is 4.73. The van der Waals surface area contributed by atoms with E-state index in [9.17, 15) is 4.79 Å². The monoisotopic (exact) mass is 335 g/mol. The molecule has 2 aromatic carbocycles. The molecule has 0 saturated carbocycles. The molecule has 25 heavy (non-hydrogen) atoms. The van der Waals surface area contributed by atoms with Crippen LogP contribution in [0.25, 0.3) is 10.9 Å². The van der Waals surface area contributed by atoms with Crippen LogP contribution in [0.2, 0.25) is 0 Å². The van der Waals surface area contributed by atoms with E-state index in [0.29, 0.717) is 35.6 Å². The normalized spacial score (nSPS) is 10.6. The number of nitrogen functional groups attached to an aromatic ring is 1. The summed E-state index contributed by atoms with van der Waals surface area (Å²) in [5.41, 5.74) is 10.7. The van der Waals surface area contributed by atoms with Crippen LogP contribution >= 0.6 is 0 Å². The van der Waals surface area contributed by atoms with Gasteiger partial charge in [0.1, 0.15) is 5.56 Å². The maximum atomic E-state index is 12.3. The number of aromatic nitrogens is 1. The topological polar surface area (TPSA) is 77.2 Å². The number of carbonyl (C=O) groups is 1. The van der Waals surface area contributed by atoms with Crippen LogP contribution in [0.5, 0.6) is 0 Å². The fourth-order valence-corrected chi connectivity index (χ4v) is 2.70. The molecule has 5 heteroatoms. The largest absolute Gasteiger partial charge is 0.462 e. The number of esters is 1. The third-order valence-corrected chi connectivity index (χ3v) is 4.01. The van der Waals surface area contributed by atoms with Crippen LogP contribution in [0.4, 0.5) is 11.4 Å². The molecule has 0 spiro atoms. The number of ether oxygens (including phenoxy) is 1. The van der Waals surface area contributed by atoms with Gasteiger partial charge in [0.2, 0.25) is 0 Å². The van der Waals surface area contributed by atoms with Crippen LogP contribution in [0.3, 0.4) is 0 Å². The molecule has 0 amide bonds.